The van der Waals surface area contributed by atoms with Crippen molar-refractivity contribution >= 4 is 15.9 Å². The molecule has 0 bridgehead atoms. The van der Waals surface area contributed by atoms with Crippen LogP contribution in [0.4, 0.5) is 0 Å². The van der Waals surface area contributed by atoms with Gasteiger partial charge in [0.05, 0.1) is 6.61 Å². The molecule has 0 radical (unpaired) electrons. The zero-order chi connectivity index (χ0) is 12.8. The van der Waals surface area contributed by atoms with Gasteiger partial charge in [-0.2, -0.15) is 0 Å². The first-order chi connectivity index (χ1) is 8.11. The zero-order valence-electron chi connectivity index (χ0n) is 11.3. The Morgan fingerprint density at radius 1 is 1.24 bits per heavy atom. The maximum absolute atomic E-state index is 5.75. The third-order valence-electron chi connectivity index (χ3n) is 3.31. The lowest BCUT2D eigenvalue weighted by atomic mass is 9.91. The van der Waals surface area contributed by atoms with E-state index < -0.39 is 0 Å². The summed E-state index contributed by atoms with van der Waals surface area (Å²) in [6, 6.07) is 4.35. The smallest absolute Gasteiger partial charge is 0.122 e. The topological polar surface area (TPSA) is 9.23 Å². The molecule has 1 aromatic rings. The molecule has 0 saturated carbocycles. The third kappa shape index (κ3) is 3.74. The minimum absolute atomic E-state index is 0.605. The monoisotopic (exact) mass is 298 g/mol. The number of hydrogen-bond donors (Lipinski definition) is 0. The summed E-state index contributed by atoms with van der Waals surface area (Å²) in [4.78, 5) is 0. The molecule has 0 amide bonds. The molecule has 0 spiro atoms. The molecule has 0 fully saturated rings. The number of benzene rings is 1. The standard InChI is InChI=1S/C15H23BrO/c1-5-10-17-15-7-6-14(11(2)8-9-16)12(3)13(15)4/h6-7,11H,5,8-10H2,1-4H3. The zero-order valence-corrected chi connectivity index (χ0v) is 12.9. The van der Waals surface area contributed by atoms with Crippen LogP contribution >= 0.6 is 15.9 Å². The fourth-order valence-corrected chi connectivity index (χ4v) is 2.72. The highest BCUT2D eigenvalue weighted by Gasteiger charge is 2.12. The van der Waals surface area contributed by atoms with Gasteiger partial charge in [-0.15, -0.1) is 0 Å². The van der Waals surface area contributed by atoms with E-state index in [1.165, 1.54) is 23.1 Å². The maximum atomic E-state index is 5.75. The predicted molar refractivity (Wildman–Crippen MR) is 78.5 cm³/mol. The lowest BCUT2D eigenvalue weighted by Gasteiger charge is -2.18. The maximum Gasteiger partial charge on any atom is 0.122 e. The highest BCUT2D eigenvalue weighted by molar-refractivity contribution is 9.09. The van der Waals surface area contributed by atoms with Crippen molar-refractivity contribution in [2.45, 2.75) is 46.5 Å². The first kappa shape index (κ1) is 14.6. The second-order valence-electron chi connectivity index (χ2n) is 4.63. The van der Waals surface area contributed by atoms with Crippen molar-refractivity contribution in [1.82, 2.24) is 0 Å². The number of halogens is 1. The molecule has 0 N–H and O–H groups in total. The lowest BCUT2D eigenvalue weighted by molar-refractivity contribution is 0.315. The SMILES string of the molecule is CCCOc1ccc(C(C)CCBr)c(C)c1C. The minimum atomic E-state index is 0.605. The van der Waals surface area contributed by atoms with Gasteiger partial charge in [0.2, 0.25) is 0 Å². The number of ether oxygens (including phenoxy) is 1. The van der Waals surface area contributed by atoms with Crippen LogP contribution in [-0.4, -0.2) is 11.9 Å². The van der Waals surface area contributed by atoms with Gasteiger partial charge in [-0.25, -0.2) is 0 Å². The molecule has 17 heavy (non-hydrogen) atoms. The van der Waals surface area contributed by atoms with E-state index in [0.29, 0.717) is 5.92 Å². The molecule has 1 nitrogen and oxygen atoms in total. The second kappa shape index (κ2) is 7.05. The molecule has 2 heteroatoms. The van der Waals surface area contributed by atoms with Crippen LogP contribution < -0.4 is 4.74 Å². The third-order valence-corrected chi connectivity index (χ3v) is 3.77. The summed E-state index contributed by atoms with van der Waals surface area (Å²) in [5.41, 5.74) is 4.12. The van der Waals surface area contributed by atoms with E-state index in [-0.39, 0.29) is 0 Å². The molecule has 0 aromatic heterocycles. The van der Waals surface area contributed by atoms with Crippen molar-refractivity contribution in [2.75, 3.05) is 11.9 Å². The molecular weight excluding hydrogens is 276 g/mol. The Kier molecular flexibility index (Phi) is 6.04. The molecule has 1 atom stereocenters. The quantitative estimate of drug-likeness (QED) is 0.673. The molecule has 1 unspecified atom stereocenters. The Balaban J connectivity index is 2.93. The number of alkyl halides is 1. The van der Waals surface area contributed by atoms with Crippen LogP contribution in [-0.2, 0) is 0 Å². The molecule has 1 rings (SSSR count). The van der Waals surface area contributed by atoms with Gasteiger partial charge in [-0.3, -0.25) is 0 Å². The van der Waals surface area contributed by atoms with E-state index in [1.807, 2.05) is 0 Å². The summed E-state index contributed by atoms with van der Waals surface area (Å²) >= 11 is 3.51. The Hall–Kier alpha value is -0.500. The van der Waals surface area contributed by atoms with E-state index in [9.17, 15) is 0 Å². The van der Waals surface area contributed by atoms with E-state index in [1.54, 1.807) is 0 Å². The minimum Gasteiger partial charge on any atom is -0.493 e. The molecular formula is C15H23BrO. The van der Waals surface area contributed by atoms with Crippen LogP contribution in [0.2, 0.25) is 0 Å². The molecule has 0 aliphatic carbocycles. The fourth-order valence-electron chi connectivity index (χ4n) is 2.04. The van der Waals surface area contributed by atoms with Crippen LogP contribution in [0.25, 0.3) is 0 Å². The van der Waals surface area contributed by atoms with Gasteiger partial charge in [-0.05, 0) is 55.4 Å². The lowest BCUT2D eigenvalue weighted by Crippen LogP contribution is -2.03. The van der Waals surface area contributed by atoms with Crippen molar-refractivity contribution in [1.29, 1.82) is 0 Å². The summed E-state index contributed by atoms with van der Waals surface area (Å²) in [5, 5.41) is 1.06. The van der Waals surface area contributed by atoms with Crippen LogP contribution in [0.1, 0.15) is 49.3 Å². The molecule has 1 aromatic carbocycles. The first-order valence-electron chi connectivity index (χ1n) is 6.40. The molecule has 0 aliphatic rings. The van der Waals surface area contributed by atoms with Gasteiger partial charge in [0, 0.05) is 5.33 Å². The highest BCUT2D eigenvalue weighted by Crippen LogP contribution is 2.30. The van der Waals surface area contributed by atoms with Crippen LogP contribution in [0.15, 0.2) is 12.1 Å². The van der Waals surface area contributed by atoms with E-state index in [2.05, 4.69) is 55.8 Å². The second-order valence-corrected chi connectivity index (χ2v) is 5.42. The van der Waals surface area contributed by atoms with Crippen molar-refractivity contribution in [2.24, 2.45) is 0 Å². The number of rotatable bonds is 6. The van der Waals surface area contributed by atoms with E-state index in [4.69, 9.17) is 4.74 Å². The van der Waals surface area contributed by atoms with Crippen LogP contribution in [0.5, 0.6) is 5.75 Å². The van der Waals surface area contributed by atoms with Crippen molar-refractivity contribution < 1.29 is 4.74 Å². The summed E-state index contributed by atoms with van der Waals surface area (Å²) in [5.74, 6) is 1.65. The largest absolute Gasteiger partial charge is 0.493 e. The molecule has 96 valence electrons. The molecule has 0 aliphatic heterocycles. The fraction of sp³-hybridized carbons (Fsp3) is 0.600. The first-order valence-corrected chi connectivity index (χ1v) is 7.52. The number of hydrogen-bond acceptors (Lipinski definition) is 1. The molecule has 0 heterocycles. The Morgan fingerprint density at radius 2 is 1.94 bits per heavy atom. The Morgan fingerprint density at radius 3 is 2.53 bits per heavy atom. The van der Waals surface area contributed by atoms with E-state index >= 15 is 0 Å². The average Bonchev–Trinajstić information content (AvgIpc) is 2.31. The van der Waals surface area contributed by atoms with Gasteiger partial charge in [0.1, 0.15) is 5.75 Å². The summed E-state index contributed by atoms with van der Waals surface area (Å²) < 4.78 is 5.75. The Labute approximate surface area is 114 Å². The van der Waals surface area contributed by atoms with Gasteiger partial charge in [0.15, 0.2) is 0 Å². The normalized spacial score (nSPS) is 12.5. The van der Waals surface area contributed by atoms with Gasteiger partial charge in [0.25, 0.3) is 0 Å². The van der Waals surface area contributed by atoms with Gasteiger partial charge < -0.3 is 4.74 Å². The molecule has 0 saturated heterocycles. The van der Waals surface area contributed by atoms with Crippen molar-refractivity contribution in [3.63, 3.8) is 0 Å². The predicted octanol–water partition coefficient (Wildman–Crippen LogP) is 4.98. The van der Waals surface area contributed by atoms with Gasteiger partial charge in [-0.1, -0.05) is 35.8 Å². The average molecular weight is 299 g/mol. The van der Waals surface area contributed by atoms with Crippen LogP contribution in [0, 0.1) is 13.8 Å². The van der Waals surface area contributed by atoms with Crippen molar-refractivity contribution in [3.05, 3.63) is 28.8 Å². The Bertz CT molecular complexity index is 360. The summed E-state index contributed by atoms with van der Waals surface area (Å²) in [6.07, 6.45) is 2.23. The van der Waals surface area contributed by atoms with Gasteiger partial charge >= 0.3 is 0 Å². The summed E-state index contributed by atoms with van der Waals surface area (Å²) in [6.45, 7) is 9.58. The highest BCUT2D eigenvalue weighted by atomic mass is 79.9. The van der Waals surface area contributed by atoms with Crippen molar-refractivity contribution in [3.8, 4) is 5.75 Å². The summed E-state index contributed by atoms with van der Waals surface area (Å²) in [7, 11) is 0. The van der Waals surface area contributed by atoms with E-state index in [0.717, 1.165) is 24.1 Å². The van der Waals surface area contributed by atoms with Crippen LogP contribution in [0.3, 0.4) is 0 Å².